The first kappa shape index (κ1) is 22.3. The van der Waals surface area contributed by atoms with Crippen molar-refractivity contribution < 1.29 is 14.0 Å². The zero-order valence-electron chi connectivity index (χ0n) is 19.3. The number of benzene rings is 3. The summed E-state index contributed by atoms with van der Waals surface area (Å²) in [6, 6.07) is 24.6. The predicted molar refractivity (Wildman–Crippen MR) is 131 cm³/mol. The van der Waals surface area contributed by atoms with Crippen LogP contribution in [0.5, 0.6) is 5.75 Å². The van der Waals surface area contributed by atoms with Crippen LogP contribution >= 0.6 is 0 Å². The monoisotopic (exact) mass is 442 g/mol. The number of ether oxygens (including phenoxy) is 1. The molecule has 0 atom stereocenters. The summed E-state index contributed by atoms with van der Waals surface area (Å²) < 4.78 is 21.0. The van der Waals surface area contributed by atoms with Crippen LogP contribution in [0.15, 0.2) is 84.0 Å². The van der Waals surface area contributed by atoms with E-state index in [9.17, 15) is 4.39 Å². The fourth-order valence-electron chi connectivity index (χ4n) is 3.81. The summed E-state index contributed by atoms with van der Waals surface area (Å²) in [6.07, 6.45) is 0. The second-order valence-electron chi connectivity index (χ2n) is 8.00. The minimum Gasteiger partial charge on any atom is -0.497 e. The van der Waals surface area contributed by atoms with Crippen molar-refractivity contribution in [2.24, 2.45) is 5.16 Å². The van der Waals surface area contributed by atoms with Crippen LogP contribution in [0.3, 0.4) is 0 Å². The number of hydrogen-bond donors (Lipinski definition) is 0. The van der Waals surface area contributed by atoms with Gasteiger partial charge >= 0.3 is 0 Å². The van der Waals surface area contributed by atoms with Crippen LogP contribution in [0.4, 0.5) is 4.39 Å². The third-order valence-corrected chi connectivity index (χ3v) is 5.66. The molecule has 1 heterocycles. The minimum absolute atomic E-state index is 0.263. The first-order valence-electron chi connectivity index (χ1n) is 10.8. The van der Waals surface area contributed by atoms with E-state index in [0.717, 1.165) is 45.2 Å². The molecule has 0 radical (unpaired) electrons. The van der Waals surface area contributed by atoms with Crippen LogP contribution in [0.25, 0.3) is 16.9 Å². The zero-order valence-corrected chi connectivity index (χ0v) is 19.3. The highest BCUT2D eigenvalue weighted by atomic mass is 19.1. The molecule has 4 aromatic rings. The molecule has 33 heavy (non-hydrogen) atoms. The number of aromatic nitrogens is 1. The molecule has 0 aliphatic rings. The molecule has 0 spiro atoms. The summed E-state index contributed by atoms with van der Waals surface area (Å²) in [5.74, 6) is 0.523. The number of oxime groups is 1. The number of methoxy groups -OCH3 is 1. The van der Waals surface area contributed by atoms with Gasteiger partial charge in [-0.1, -0.05) is 35.0 Å². The van der Waals surface area contributed by atoms with Crippen molar-refractivity contribution in [3.63, 3.8) is 0 Å². The van der Waals surface area contributed by atoms with Crippen molar-refractivity contribution in [2.45, 2.75) is 27.4 Å². The Kier molecular flexibility index (Phi) is 6.59. The average Bonchev–Trinajstić information content (AvgIpc) is 3.18. The Balaban J connectivity index is 1.70. The van der Waals surface area contributed by atoms with E-state index in [1.165, 1.54) is 17.7 Å². The van der Waals surface area contributed by atoms with Gasteiger partial charge in [-0.25, -0.2) is 4.39 Å². The lowest BCUT2D eigenvalue weighted by Gasteiger charge is -2.13. The summed E-state index contributed by atoms with van der Waals surface area (Å²) in [5, 5.41) is 4.38. The molecule has 0 bridgehead atoms. The molecule has 1 aromatic heterocycles. The summed E-state index contributed by atoms with van der Waals surface area (Å²) >= 11 is 0. The molecule has 0 fully saturated rings. The van der Waals surface area contributed by atoms with Gasteiger partial charge in [-0.3, -0.25) is 0 Å². The number of rotatable bonds is 7. The maximum atomic E-state index is 13.6. The highest BCUT2D eigenvalue weighted by Gasteiger charge is 2.17. The van der Waals surface area contributed by atoms with Crippen molar-refractivity contribution in [1.82, 2.24) is 4.57 Å². The van der Waals surface area contributed by atoms with E-state index in [-0.39, 0.29) is 5.82 Å². The van der Waals surface area contributed by atoms with Crippen LogP contribution in [-0.2, 0) is 11.4 Å². The molecule has 0 unspecified atom stereocenters. The fourth-order valence-corrected chi connectivity index (χ4v) is 3.81. The fraction of sp³-hybridized carbons (Fsp3) is 0.179. The van der Waals surface area contributed by atoms with Crippen LogP contribution in [0.2, 0.25) is 0 Å². The van der Waals surface area contributed by atoms with Gasteiger partial charge in [0.05, 0.1) is 18.5 Å². The topological polar surface area (TPSA) is 35.8 Å². The maximum Gasteiger partial charge on any atom is 0.142 e. The number of hydrogen-bond acceptors (Lipinski definition) is 3. The molecule has 0 amide bonds. The lowest BCUT2D eigenvalue weighted by molar-refractivity contribution is 0.130. The molecule has 4 nitrogen and oxygen atoms in total. The smallest absolute Gasteiger partial charge is 0.142 e. The van der Waals surface area contributed by atoms with E-state index < -0.39 is 0 Å². The summed E-state index contributed by atoms with van der Waals surface area (Å²) in [7, 11) is 1.65. The quantitative estimate of drug-likeness (QED) is 0.232. The first-order chi connectivity index (χ1) is 16.0. The molecular formula is C28H27FN2O2. The van der Waals surface area contributed by atoms with E-state index in [0.29, 0.717) is 6.61 Å². The van der Waals surface area contributed by atoms with Gasteiger partial charge in [0.2, 0.25) is 0 Å². The Bertz CT molecular complexity index is 1260. The van der Waals surface area contributed by atoms with Gasteiger partial charge in [-0.2, -0.15) is 0 Å². The van der Waals surface area contributed by atoms with Gasteiger partial charge in [0.1, 0.15) is 18.2 Å². The van der Waals surface area contributed by atoms with E-state index >= 15 is 0 Å². The van der Waals surface area contributed by atoms with Crippen molar-refractivity contribution >= 4 is 5.71 Å². The number of halogens is 1. The molecule has 0 saturated heterocycles. The highest BCUT2D eigenvalue weighted by molar-refractivity contribution is 6.01. The predicted octanol–water partition coefficient (Wildman–Crippen LogP) is 6.85. The van der Waals surface area contributed by atoms with Gasteiger partial charge in [0, 0.05) is 16.9 Å². The van der Waals surface area contributed by atoms with E-state index in [1.807, 2.05) is 50.2 Å². The van der Waals surface area contributed by atoms with Crippen molar-refractivity contribution in [2.75, 3.05) is 7.11 Å². The molecule has 4 rings (SSSR count). The standard InChI is InChI=1S/C28H27FN2O2/c1-19-5-7-22(8-6-19)18-33-30-20(2)27-17-28(23-9-11-24(29)12-10-23)31(21(27)3)25-13-15-26(32-4)16-14-25/h5-17H,18H2,1-4H3. The molecule has 0 saturated carbocycles. The lowest BCUT2D eigenvalue weighted by Crippen LogP contribution is -2.02. The van der Waals surface area contributed by atoms with Crippen molar-refractivity contribution in [3.8, 4) is 22.7 Å². The van der Waals surface area contributed by atoms with Gasteiger partial charge in [0.25, 0.3) is 0 Å². The van der Waals surface area contributed by atoms with Crippen LogP contribution in [-0.4, -0.2) is 17.4 Å². The van der Waals surface area contributed by atoms with Gasteiger partial charge < -0.3 is 14.1 Å². The largest absolute Gasteiger partial charge is 0.497 e. The second-order valence-corrected chi connectivity index (χ2v) is 8.00. The maximum absolute atomic E-state index is 13.6. The molecular weight excluding hydrogens is 415 g/mol. The summed E-state index contributed by atoms with van der Waals surface area (Å²) in [5.41, 5.74) is 7.87. The van der Waals surface area contributed by atoms with Crippen LogP contribution in [0.1, 0.15) is 29.3 Å². The van der Waals surface area contributed by atoms with Crippen LogP contribution in [0, 0.1) is 19.7 Å². The van der Waals surface area contributed by atoms with Crippen LogP contribution < -0.4 is 4.74 Å². The Labute approximate surface area is 193 Å². The van der Waals surface area contributed by atoms with E-state index in [1.54, 1.807) is 19.2 Å². The molecule has 0 N–H and O–H groups in total. The third-order valence-electron chi connectivity index (χ3n) is 5.66. The number of nitrogens with zero attached hydrogens (tertiary/aromatic N) is 2. The average molecular weight is 443 g/mol. The Morgan fingerprint density at radius 1 is 0.909 bits per heavy atom. The van der Waals surface area contributed by atoms with Gasteiger partial charge in [-0.05, 0) is 86.5 Å². The molecule has 168 valence electrons. The summed E-state index contributed by atoms with van der Waals surface area (Å²) in [4.78, 5) is 5.65. The normalized spacial score (nSPS) is 11.5. The first-order valence-corrected chi connectivity index (χ1v) is 10.8. The Hall–Kier alpha value is -3.86. The molecule has 0 aliphatic carbocycles. The highest BCUT2D eigenvalue weighted by Crippen LogP contribution is 2.31. The molecule has 5 heteroatoms. The lowest BCUT2D eigenvalue weighted by atomic mass is 10.1. The molecule has 3 aromatic carbocycles. The second kappa shape index (κ2) is 9.74. The van der Waals surface area contributed by atoms with Gasteiger partial charge in [-0.15, -0.1) is 0 Å². The Morgan fingerprint density at radius 3 is 2.21 bits per heavy atom. The SMILES string of the molecule is COc1ccc(-n2c(-c3ccc(F)cc3)cc(C(C)=NOCc3ccc(C)cc3)c2C)cc1. The van der Waals surface area contributed by atoms with Crippen molar-refractivity contribution in [3.05, 3.63) is 107 Å². The Morgan fingerprint density at radius 2 is 1.58 bits per heavy atom. The van der Waals surface area contributed by atoms with E-state index in [4.69, 9.17) is 9.57 Å². The zero-order chi connectivity index (χ0) is 23.4. The minimum atomic E-state index is -0.263. The van der Waals surface area contributed by atoms with Crippen molar-refractivity contribution in [1.29, 1.82) is 0 Å². The summed E-state index contributed by atoms with van der Waals surface area (Å²) in [6.45, 7) is 6.44. The van der Waals surface area contributed by atoms with E-state index in [2.05, 4.69) is 34.8 Å². The third kappa shape index (κ3) is 4.98. The molecule has 0 aliphatic heterocycles. The van der Waals surface area contributed by atoms with Gasteiger partial charge in [0.15, 0.2) is 0 Å². The number of aryl methyl sites for hydroxylation is 1.